The number of benzene rings is 3. The summed E-state index contributed by atoms with van der Waals surface area (Å²) in [6.45, 7) is 3.73. The molecule has 0 aliphatic heterocycles. The average molecular weight is 445 g/mol. The normalized spacial score (nSPS) is 11.1. The van der Waals surface area contributed by atoms with Crippen LogP contribution in [0.2, 0.25) is 5.02 Å². The number of hydrogen-bond donors (Lipinski definition) is 2. The molecule has 0 atom stereocenters. The summed E-state index contributed by atoms with van der Waals surface area (Å²) in [7, 11) is -2.31. The lowest BCUT2D eigenvalue weighted by Gasteiger charge is -2.12. The van der Waals surface area contributed by atoms with Gasteiger partial charge in [-0.05, 0) is 73.5 Å². The SMILES string of the molecule is COc1ccc(Cl)cc1C(=O)Nc1ccc(S(=O)(=O)Nc2cc(C)ccc2C)cc1. The second kappa shape index (κ2) is 8.77. The Labute approximate surface area is 180 Å². The van der Waals surface area contributed by atoms with E-state index in [4.69, 9.17) is 16.3 Å². The maximum absolute atomic E-state index is 12.7. The van der Waals surface area contributed by atoms with Crippen LogP contribution in [-0.4, -0.2) is 21.4 Å². The Balaban J connectivity index is 1.78. The molecule has 30 heavy (non-hydrogen) atoms. The molecular weight excluding hydrogens is 424 g/mol. The van der Waals surface area contributed by atoms with Crippen molar-refractivity contribution in [3.63, 3.8) is 0 Å². The van der Waals surface area contributed by atoms with Crippen molar-refractivity contribution in [1.29, 1.82) is 0 Å². The number of rotatable bonds is 6. The van der Waals surface area contributed by atoms with Gasteiger partial charge in [0.1, 0.15) is 5.75 Å². The molecule has 0 saturated carbocycles. The molecule has 3 rings (SSSR count). The van der Waals surface area contributed by atoms with Gasteiger partial charge in [-0.2, -0.15) is 0 Å². The fourth-order valence-corrected chi connectivity index (χ4v) is 4.12. The summed E-state index contributed by atoms with van der Waals surface area (Å²) in [5.41, 5.74) is 3.02. The molecule has 0 bridgehead atoms. The number of hydrogen-bond acceptors (Lipinski definition) is 4. The molecule has 0 radical (unpaired) electrons. The second-order valence-electron chi connectivity index (χ2n) is 6.75. The molecule has 0 unspecified atom stereocenters. The van der Waals surface area contributed by atoms with Gasteiger partial charge < -0.3 is 10.1 Å². The lowest BCUT2D eigenvalue weighted by Crippen LogP contribution is -2.15. The Kier molecular flexibility index (Phi) is 6.34. The number of carbonyl (C=O) groups excluding carboxylic acids is 1. The van der Waals surface area contributed by atoms with Gasteiger partial charge in [0.25, 0.3) is 15.9 Å². The maximum atomic E-state index is 12.7. The largest absolute Gasteiger partial charge is 0.496 e. The standard InChI is InChI=1S/C22H21ClN2O4S/c1-14-4-5-15(2)20(12-14)25-30(27,28)18-9-7-17(8-10-18)24-22(26)19-13-16(23)6-11-21(19)29-3/h4-13,25H,1-3H3,(H,24,26). The van der Waals surface area contributed by atoms with Crippen molar-refractivity contribution in [3.8, 4) is 5.75 Å². The van der Waals surface area contributed by atoms with E-state index < -0.39 is 15.9 Å². The molecule has 1 amide bonds. The van der Waals surface area contributed by atoms with Gasteiger partial charge in [-0.15, -0.1) is 0 Å². The third kappa shape index (κ3) is 4.93. The highest BCUT2D eigenvalue weighted by Gasteiger charge is 2.17. The highest BCUT2D eigenvalue weighted by molar-refractivity contribution is 7.92. The first-order valence-corrected chi connectivity index (χ1v) is 10.9. The molecule has 3 aromatic carbocycles. The molecule has 6 nitrogen and oxygen atoms in total. The van der Waals surface area contributed by atoms with E-state index in [1.54, 1.807) is 18.2 Å². The van der Waals surface area contributed by atoms with Crippen LogP contribution in [0.4, 0.5) is 11.4 Å². The van der Waals surface area contributed by atoms with Crippen molar-refractivity contribution in [2.45, 2.75) is 18.7 Å². The van der Waals surface area contributed by atoms with E-state index in [0.29, 0.717) is 22.1 Å². The minimum atomic E-state index is -3.77. The topological polar surface area (TPSA) is 84.5 Å². The maximum Gasteiger partial charge on any atom is 0.261 e. The van der Waals surface area contributed by atoms with E-state index >= 15 is 0 Å². The zero-order valence-corrected chi connectivity index (χ0v) is 18.3. The molecule has 0 aromatic heterocycles. The number of anilines is 2. The van der Waals surface area contributed by atoms with Crippen molar-refractivity contribution in [2.75, 3.05) is 17.1 Å². The summed E-state index contributed by atoms with van der Waals surface area (Å²) in [4.78, 5) is 12.6. The molecule has 0 saturated heterocycles. The predicted octanol–water partition coefficient (Wildman–Crippen LogP) is 5.02. The molecule has 0 heterocycles. The average Bonchev–Trinajstić information content (AvgIpc) is 2.71. The van der Waals surface area contributed by atoms with Crippen molar-refractivity contribution in [3.05, 3.63) is 82.4 Å². The van der Waals surface area contributed by atoms with E-state index in [2.05, 4.69) is 10.0 Å². The van der Waals surface area contributed by atoms with E-state index in [1.807, 2.05) is 26.0 Å². The minimum Gasteiger partial charge on any atom is -0.496 e. The van der Waals surface area contributed by atoms with Gasteiger partial charge >= 0.3 is 0 Å². The third-order valence-electron chi connectivity index (χ3n) is 4.47. The number of ether oxygens (including phenoxy) is 1. The van der Waals surface area contributed by atoms with Gasteiger partial charge in [0, 0.05) is 10.7 Å². The number of halogens is 1. The molecule has 8 heteroatoms. The van der Waals surface area contributed by atoms with Crippen LogP contribution in [0.5, 0.6) is 5.75 Å². The quantitative estimate of drug-likeness (QED) is 0.559. The van der Waals surface area contributed by atoms with Crippen LogP contribution < -0.4 is 14.8 Å². The highest BCUT2D eigenvalue weighted by atomic mass is 35.5. The summed E-state index contributed by atoms with van der Waals surface area (Å²) in [6, 6.07) is 16.2. The van der Waals surface area contributed by atoms with Crippen LogP contribution in [0.25, 0.3) is 0 Å². The van der Waals surface area contributed by atoms with Crippen LogP contribution in [0.3, 0.4) is 0 Å². The van der Waals surface area contributed by atoms with Gasteiger partial charge in [0.05, 0.1) is 23.3 Å². The number of carbonyl (C=O) groups is 1. The molecular formula is C22H21ClN2O4S. The van der Waals surface area contributed by atoms with E-state index in [9.17, 15) is 13.2 Å². The summed E-state index contributed by atoms with van der Waals surface area (Å²) < 4.78 is 33.2. The second-order valence-corrected chi connectivity index (χ2v) is 8.87. The fraction of sp³-hybridized carbons (Fsp3) is 0.136. The van der Waals surface area contributed by atoms with Crippen molar-refractivity contribution < 1.29 is 17.9 Å². The van der Waals surface area contributed by atoms with Gasteiger partial charge in [-0.25, -0.2) is 8.42 Å². The fourth-order valence-electron chi connectivity index (χ4n) is 2.82. The minimum absolute atomic E-state index is 0.0849. The smallest absolute Gasteiger partial charge is 0.261 e. The Morgan fingerprint density at radius 2 is 1.67 bits per heavy atom. The van der Waals surface area contributed by atoms with Crippen molar-refractivity contribution in [1.82, 2.24) is 0 Å². The summed E-state index contributed by atoms with van der Waals surface area (Å²) in [5, 5.41) is 3.11. The predicted molar refractivity (Wildman–Crippen MR) is 119 cm³/mol. The molecule has 3 aromatic rings. The Bertz CT molecular complexity index is 1190. The summed E-state index contributed by atoms with van der Waals surface area (Å²) in [6.07, 6.45) is 0. The summed E-state index contributed by atoms with van der Waals surface area (Å²) >= 11 is 5.97. The number of aryl methyl sites for hydroxylation is 2. The van der Waals surface area contributed by atoms with Crippen LogP contribution in [0.15, 0.2) is 65.6 Å². The molecule has 0 aliphatic carbocycles. The van der Waals surface area contributed by atoms with Gasteiger partial charge in [-0.3, -0.25) is 9.52 Å². The first-order chi connectivity index (χ1) is 14.2. The Hall–Kier alpha value is -3.03. The highest BCUT2D eigenvalue weighted by Crippen LogP contribution is 2.25. The number of methoxy groups -OCH3 is 1. The lowest BCUT2D eigenvalue weighted by atomic mass is 10.1. The number of amides is 1. The van der Waals surface area contributed by atoms with Crippen LogP contribution in [0, 0.1) is 13.8 Å². The lowest BCUT2D eigenvalue weighted by molar-refractivity contribution is 0.102. The zero-order valence-electron chi connectivity index (χ0n) is 16.7. The molecule has 2 N–H and O–H groups in total. The van der Waals surface area contributed by atoms with E-state index in [-0.39, 0.29) is 10.5 Å². The molecule has 0 aliphatic rings. The number of nitrogens with one attached hydrogen (secondary N) is 2. The molecule has 0 spiro atoms. The van der Waals surface area contributed by atoms with Crippen molar-refractivity contribution >= 4 is 38.9 Å². The van der Waals surface area contributed by atoms with Gasteiger partial charge in [0.15, 0.2) is 0 Å². The van der Waals surface area contributed by atoms with E-state index in [0.717, 1.165) is 11.1 Å². The zero-order chi connectivity index (χ0) is 21.9. The van der Waals surface area contributed by atoms with Gasteiger partial charge in [-0.1, -0.05) is 23.7 Å². The van der Waals surface area contributed by atoms with E-state index in [1.165, 1.54) is 37.4 Å². The monoisotopic (exact) mass is 444 g/mol. The Morgan fingerprint density at radius 3 is 2.33 bits per heavy atom. The number of sulfonamides is 1. The first-order valence-electron chi connectivity index (χ1n) is 9.04. The summed E-state index contributed by atoms with van der Waals surface area (Å²) in [5.74, 6) is -0.0349. The third-order valence-corrected chi connectivity index (χ3v) is 6.08. The van der Waals surface area contributed by atoms with Crippen LogP contribution >= 0.6 is 11.6 Å². The van der Waals surface area contributed by atoms with Crippen LogP contribution in [0.1, 0.15) is 21.5 Å². The molecule has 0 fully saturated rings. The molecule has 156 valence electrons. The first kappa shape index (κ1) is 21.7. The van der Waals surface area contributed by atoms with Gasteiger partial charge in [0.2, 0.25) is 0 Å². The van der Waals surface area contributed by atoms with Crippen molar-refractivity contribution in [2.24, 2.45) is 0 Å². The Morgan fingerprint density at radius 1 is 0.967 bits per heavy atom. The van der Waals surface area contributed by atoms with Crippen LogP contribution in [-0.2, 0) is 10.0 Å².